The fourth-order valence-electron chi connectivity index (χ4n) is 2.36. The Kier molecular flexibility index (Phi) is 6.04. The molecule has 0 bridgehead atoms. The average Bonchev–Trinajstić information content (AvgIpc) is 3.06. The van der Waals surface area contributed by atoms with Crippen LogP contribution >= 0.6 is 11.6 Å². The largest absolute Gasteiger partial charge is 0.459 e. The van der Waals surface area contributed by atoms with Gasteiger partial charge >= 0.3 is 0 Å². The van der Waals surface area contributed by atoms with E-state index in [1.165, 1.54) is 6.26 Å². The Bertz CT molecular complexity index is 698. The predicted octanol–water partition coefficient (Wildman–Crippen LogP) is 3.35. The van der Waals surface area contributed by atoms with E-state index in [0.717, 1.165) is 5.56 Å². The van der Waals surface area contributed by atoms with E-state index in [0.29, 0.717) is 11.6 Å². The molecule has 5 nitrogen and oxygen atoms in total. The number of nitrogens with one attached hydrogen (secondary N) is 1. The molecule has 0 fully saturated rings. The maximum absolute atomic E-state index is 12.7. The molecule has 2 aromatic rings. The van der Waals surface area contributed by atoms with Crippen molar-refractivity contribution >= 4 is 23.4 Å². The second-order valence-corrected chi connectivity index (χ2v) is 6.43. The Morgan fingerprint density at radius 3 is 2.58 bits per heavy atom. The minimum Gasteiger partial charge on any atom is -0.459 e. The lowest BCUT2D eigenvalue weighted by Crippen LogP contribution is -2.49. The summed E-state index contributed by atoms with van der Waals surface area (Å²) >= 11 is 5.98. The number of hydrogen-bond acceptors (Lipinski definition) is 3. The second-order valence-electron chi connectivity index (χ2n) is 6.00. The lowest BCUT2D eigenvalue weighted by Gasteiger charge is -2.27. The minimum atomic E-state index is -0.633. The van der Waals surface area contributed by atoms with Gasteiger partial charge in [-0.1, -0.05) is 37.6 Å². The van der Waals surface area contributed by atoms with Crippen LogP contribution in [0.25, 0.3) is 0 Å². The molecule has 2 amide bonds. The molecule has 0 aliphatic carbocycles. The van der Waals surface area contributed by atoms with Gasteiger partial charge in [0.25, 0.3) is 5.91 Å². The van der Waals surface area contributed by atoms with Crippen LogP contribution in [0.3, 0.4) is 0 Å². The van der Waals surface area contributed by atoms with Gasteiger partial charge in [0, 0.05) is 18.6 Å². The predicted molar refractivity (Wildman–Crippen MR) is 92.7 cm³/mol. The van der Waals surface area contributed by atoms with Crippen molar-refractivity contribution in [2.75, 3.05) is 7.05 Å². The van der Waals surface area contributed by atoms with Crippen molar-refractivity contribution in [3.05, 3.63) is 59.0 Å². The number of hydrogen-bond donors (Lipinski definition) is 1. The van der Waals surface area contributed by atoms with E-state index in [1.54, 1.807) is 30.1 Å². The molecule has 0 spiro atoms. The Balaban J connectivity index is 2.06. The SMILES string of the molecule is CC(C)C(NC(=O)c1ccco1)C(=O)N(C)Cc1cccc(Cl)c1. The van der Waals surface area contributed by atoms with Crippen LogP contribution < -0.4 is 5.32 Å². The Morgan fingerprint density at radius 2 is 2.00 bits per heavy atom. The van der Waals surface area contributed by atoms with Crippen LogP contribution in [0.2, 0.25) is 5.02 Å². The minimum absolute atomic E-state index is 0.0572. The number of amides is 2. The number of likely N-dealkylation sites (N-methyl/N-ethyl adjacent to an activating group) is 1. The van der Waals surface area contributed by atoms with Gasteiger partial charge in [-0.2, -0.15) is 0 Å². The standard InChI is InChI=1S/C18H21ClN2O3/c1-12(2)16(20-17(22)15-8-5-9-24-15)18(23)21(3)11-13-6-4-7-14(19)10-13/h4-10,12,16H,11H2,1-3H3,(H,20,22). The van der Waals surface area contributed by atoms with E-state index in [2.05, 4.69) is 5.32 Å². The molecule has 0 radical (unpaired) electrons. The molecule has 1 atom stereocenters. The number of halogens is 1. The first-order chi connectivity index (χ1) is 11.4. The van der Waals surface area contributed by atoms with Crippen LogP contribution in [0.4, 0.5) is 0 Å². The van der Waals surface area contributed by atoms with Crippen LogP contribution in [-0.2, 0) is 11.3 Å². The highest BCUT2D eigenvalue weighted by molar-refractivity contribution is 6.30. The normalized spacial score (nSPS) is 12.0. The van der Waals surface area contributed by atoms with Crippen LogP contribution in [0.5, 0.6) is 0 Å². The molecular formula is C18H21ClN2O3. The Morgan fingerprint density at radius 1 is 1.25 bits per heavy atom. The van der Waals surface area contributed by atoms with Gasteiger partial charge in [0.05, 0.1) is 6.26 Å². The van der Waals surface area contributed by atoms with Crippen molar-refractivity contribution in [1.82, 2.24) is 10.2 Å². The van der Waals surface area contributed by atoms with Crippen LogP contribution in [0.1, 0.15) is 30.0 Å². The van der Waals surface area contributed by atoms with Crippen molar-refractivity contribution in [1.29, 1.82) is 0 Å². The number of carbonyl (C=O) groups excluding carboxylic acids is 2. The molecule has 2 rings (SSSR count). The number of nitrogens with zero attached hydrogens (tertiary/aromatic N) is 1. The Hall–Kier alpha value is -2.27. The maximum Gasteiger partial charge on any atom is 0.287 e. The fourth-order valence-corrected chi connectivity index (χ4v) is 2.57. The van der Waals surface area contributed by atoms with Gasteiger partial charge in [-0.05, 0) is 35.7 Å². The summed E-state index contributed by atoms with van der Waals surface area (Å²) in [6.45, 7) is 4.19. The first kappa shape index (κ1) is 18.1. The van der Waals surface area contributed by atoms with E-state index in [1.807, 2.05) is 32.0 Å². The first-order valence-corrected chi connectivity index (χ1v) is 8.10. The molecule has 24 heavy (non-hydrogen) atoms. The second kappa shape index (κ2) is 8.02. The van der Waals surface area contributed by atoms with Gasteiger partial charge in [-0.15, -0.1) is 0 Å². The van der Waals surface area contributed by atoms with Crippen molar-refractivity contribution in [3.63, 3.8) is 0 Å². The first-order valence-electron chi connectivity index (χ1n) is 7.72. The van der Waals surface area contributed by atoms with E-state index in [9.17, 15) is 9.59 Å². The molecule has 0 aliphatic heterocycles. The summed E-state index contributed by atoms with van der Waals surface area (Å²) in [5.41, 5.74) is 0.929. The summed E-state index contributed by atoms with van der Waals surface area (Å²) in [5.74, 6) is -0.433. The Labute approximate surface area is 146 Å². The van der Waals surface area contributed by atoms with Crippen LogP contribution in [0, 0.1) is 5.92 Å². The molecular weight excluding hydrogens is 328 g/mol. The van der Waals surface area contributed by atoms with Crippen molar-refractivity contribution < 1.29 is 14.0 Å². The number of rotatable bonds is 6. The van der Waals surface area contributed by atoms with Gasteiger partial charge in [0.15, 0.2) is 5.76 Å². The zero-order valence-corrected chi connectivity index (χ0v) is 14.7. The molecule has 1 unspecified atom stereocenters. The highest BCUT2D eigenvalue weighted by Gasteiger charge is 2.28. The highest BCUT2D eigenvalue weighted by atomic mass is 35.5. The van der Waals surface area contributed by atoms with E-state index in [-0.39, 0.29) is 17.6 Å². The van der Waals surface area contributed by atoms with Gasteiger partial charge < -0.3 is 14.6 Å². The van der Waals surface area contributed by atoms with Crippen molar-refractivity contribution in [2.45, 2.75) is 26.4 Å². The highest BCUT2D eigenvalue weighted by Crippen LogP contribution is 2.14. The molecule has 0 saturated heterocycles. The lowest BCUT2D eigenvalue weighted by molar-refractivity contribution is -0.133. The number of benzene rings is 1. The fraction of sp³-hybridized carbons (Fsp3) is 0.333. The molecule has 0 aliphatic rings. The third kappa shape index (κ3) is 4.61. The molecule has 1 aromatic heterocycles. The molecule has 1 heterocycles. The smallest absolute Gasteiger partial charge is 0.287 e. The zero-order valence-electron chi connectivity index (χ0n) is 14.0. The summed E-state index contributed by atoms with van der Waals surface area (Å²) in [4.78, 5) is 26.5. The summed E-state index contributed by atoms with van der Waals surface area (Å²) in [6.07, 6.45) is 1.42. The third-order valence-electron chi connectivity index (χ3n) is 3.65. The quantitative estimate of drug-likeness (QED) is 0.870. The van der Waals surface area contributed by atoms with Crippen molar-refractivity contribution in [3.8, 4) is 0 Å². The summed E-state index contributed by atoms with van der Waals surface area (Å²) in [7, 11) is 1.71. The molecule has 6 heteroatoms. The third-order valence-corrected chi connectivity index (χ3v) is 3.88. The van der Waals surface area contributed by atoms with Gasteiger partial charge in [-0.25, -0.2) is 0 Å². The average molecular weight is 349 g/mol. The van der Waals surface area contributed by atoms with Gasteiger partial charge in [-0.3, -0.25) is 9.59 Å². The van der Waals surface area contributed by atoms with Crippen LogP contribution in [-0.4, -0.2) is 29.8 Å². The number of carbonyl (C=O) groups is 2. The molecule has 1 aromatic carbocycles. The zero-order chi connectivity index (χ0) is 17.7. The molecule has 128 valence electrons. The number of furan rings is 1. The maximum atomic E-state index is 12.7. The topological polar surface area (TPSA) is 62.6 Å². The molecule has 1 N–H and O–H groups in total. The summed E-state index contributed by atoms with van der Waals surface area (Å²) < 4.78 is 5.07. The van der Waals surface area contributed by atoms with E-state index < -0.39 is 11.9 Å². The monoisotopic (exact) mass is 348 g/mol. The van der Waals surface area contributed by atoms with Crippen molar-refractivity contribution in [2.24, 2.45) is 5.92 Å². The summed E-state index contributed by atoms with van der Waals surface area (Å²) in [6, 6.07) is 9.91. The summed E-state index contributed by atoms with van der Waals surface area (Å²) in [5, 5.41) is 3.37. The lowest BCUT2D eigenvalue weighted by atomic mass is 10.0. The molecule has 0 saturated carbocycles. The van der Waals surface area contributed by atoms with E-state index >= 15 is 0 Å². The van der Waals surface area contributed by atoms with Gasteiger partial charge in [0.2, 0.25) is 5.91 Å². The van der Waals surface area contributed by atoms with Crippen LogP contribution in [0.15, 0.2) is 47.1 Å². The van der Waals surface area contributed by atoms with E-state index in [4.69, 9.17) is 16.0 Å². The van der Waals surface area contributed by atoms with Gasteiger partial charge in [0.1, 0.15) is 6.04 Å².